The molecule has 0 saturated carbocycles. The predicted molar refractivity (Wildman–Crippen MR) is 89.2 cm³/mol. The minimum absolute atomic E-state index is 0.302. The molecule has 1 aromatic heterocycles. The normalized spacial score (nSPS) is 10.3. The second-order valence-corrected chi connectivity index (χ2v) is 5.81. The van der Waals surface area contributed by atoms with Crippen molar-refractivity contribution in [1.82, 2.24) is 4.98 Å². The second kappa shape index (κ2) is 7.07. The van der Waals surface area contributed by atoms with Crippen LogP contribution in [0.1, 0.15) is 10.4 Å². The van der Waals surface area contributed by atoms with Crippen molar-refractivity contribution >= 4 is 23.4 Å². The molecule has 0 atom stereocenters. The minimum Gasteiger partial charge on any atom is -0.322 e. The SMILES string of the molecule is O=C(Nc1ccncc1)c1cccc(F)c1Sc1ccccc1. The van der Waals surface area contributed by atoms with Crippen LogP contribution in [-0.4, -0.2) is 10.9 Å². The molecule has 0 aliphatic carbocycles. The van der Waals surface area contributed by atoms with Crippen LogP contribution < -0.4 is 5.32 Å². The average molecular weight is 324 g/mol. The summed E-state index contributed by atoms with van der Waals surface area (Å²) in [6.45, 7) is 0. The summed E-state index contributed by atoms with van der Waals surface area (Å²) in [6, 6.07) is 17.3. The van der Waals surface area contributed by atoms with Crippen molar-refractivity contribution in [3.63, 3.8) is 0 Å². The van der Waals surface area contributed by atoms with Gasteiger partial charge in [-0.05, 0) is 36.4 Å². The maximum atomic E-state index is 14.2. The lowest BCUT2D eigenvalue weighted by Crippen LogP contribution is -2.13. The van der Waals surface area contributed by atoms with E-state index in [1.54, 1.807) is 30.6 Å². The Labute approximate surface area is 137 Å². The van der Waals surface area contributed by atoms with Gasteiger partial charge in [0.2, 0.25) is 0 Å². The van der Waals surface area contributed by atoms with Gasteiger partial charge in [0.05, 0.1) is 10.5 Å². The van der Waals surface area contributed by atoms with Gasteiger partial charge in [0.15, 0.2) is 0 Å². The van der Waals surface area contributed by atoms with Gasteiger partial charge in [0, 0.05) is 23.0 Å². The molecule has 114 valence electrons. The maximum Gasteiger partial charge on any atom is 0.256 e. The predicted octanol–water partition coefficient (Wildman–Crippen LogP) is 4.62. The smallest absolute Gasteiger partial charge is 0.256 e. The van der Waals surface area contributed by atoms with Gasteiger partial charge in [-0.15, -0.1) is 0 Å². The van der Waals surface area contributed by atoms with Crippen molar-refractivity contribution in [3.05, 3.63) is 84.4 Å². The fourth-order valence-corrected chi connectivity index (χ4v) is 3.00. The molecule has 1 N–H and O–H groups in total. The van der Waals surface area contributed by atoms with Crippen molar-refractivity contribution in [2.75, 3.05) is 5.32 Å². The van der Waals surface area contributed by atoms with Gasteiger partial charge in [-0.3, -0.25) is 9.78 Å². The summed E-state index contributed by atoms with van der Waals surface area (Å²) in [5.41, 5.74) is 0.917. The summed E-state index contributed by atoms with van der Waals surface area (Å²) in [6.07, 6.45) is 3.17. The Morgan fingerprint density at radius 1 is 0.957 bits per heavy atom. The lowest BCUT2D eigenvalue weighted by Gasteiger charge is -2.11. The minimum atomic E-state index is -0.416. The zero-order valence-corrected chi connectivity index (χ0v) is 12.9. The topological polar surface area (TPSA) is 42.0 Å². The fourth-order valence-electron chi connectivity index (χ4n) is 2.03. The van der Waals surface area contributed by atoms with E-state index in [4.69, 9.17) is 0 Å². The molecule has 3 rings (SSSR count). The molecule has 3 nitrogen and oxygen atoms in total. The Balaban J connectivity index is 1.90. The zero-order chi connectivity index (χ0) is 16.1. The molecular weight excluding hydrogens is 311 g/mol. The summed E-state index contributed by atoms with van der Waals surface area (Å²) in [5.74, 6) is -0.768. The lowest BCUT2D eigenvalue weighted by atomic mass is 10.2. The summed E-state index contributed by atoms with van der Waals surface area (Å²) < 4.78 is 14.2. The van der Waals surface area contributed by atoms with Crippen LogP contribution >= 0.6 is 11.8 Å². The number of nitrogens with zero attached hydrogens (tertiary/aromatic N) is 1. The van der Waals surface area contributed by atoms with E-state index in [0.29, 0.717) is 16.1 Å². The molecule has 3 aromatic rings. The van der Waals surface area contributed by atoms with E-state index < -0.39 is 5.82 Å². The van der Waals surface area contributed by atoms with Crippen LogP contribution in [0.25, 0.3) is 0 Å². The van der Waals surface area contributed by atoms with E-state index in [9.17, 15) is 9.18 Å². The quantitative estimate of drug-likeness (QED) is 0.761. The molecule has 0 spiro atoms. The Morgan fingerprint density at radius 2 is 1.70 bits per heavy atom. The van der Waals surface area contributed by atoms with Gasteiger partial charge >= 0.3 is 0 Å². The summed E-state index contributed by atoms with van der Waals surface area (Å²) in [5, 5.41) is 2.75. The van der Waals surface area contributed by atoms with Gasteiger partial charge in [-0.1, -0.05) is 36.0 Å². The standard InChI is InChI=1S/C18H13FN2OS/c19-16-8-4-7-15(17(16)23-14-5-2-1-3-6-14)18(22)21-13-9-11-20-12-10-13/h1-12H,(H,20,21,22). The van der Waals surface area contributed by atoms with Crippen molar-refractivity contribution in [1.29, 1.82) is 0 Å². The number of amides is 1. The van der Waals surface area contributed by atoms with Gasteiger partial charge in [-0.2, -0.15) is 0 Å². The zero-order valence-electron chi connectivity index (χ0n) is 12.1. The molecule has 1 heterocycles. The third-order valence-corrected chi connectivity index (χ3v) is 4.24. The molecule has 0 aliphatic heterocycles. The van der Waals surface area contributed by atoms with Crippen molar-refractivity contribution in [3.8, 4) is 0 Å². The first-order valence-corrected chi connectivity index (χ1v) is 7.78. The number of hydrogen-bond donors (Lipinski definition) is 1. The molecule has 0 saturated heterocycles. The molecule has 23 heavy (non-hydrogen) atoms. The van der Waals surface area contributed by atoms with E-state index in [1.165, 1.54) is 23.9 Å². The average Bonchev–Trinajstić information content (AvgIpc) is 2.58. The second-order valence-electron chi connectivity index (χ2n) is 4.72. The van der Waals surface area contributed by atoms with Gasteiger partial charge in [-0.25, -0.2) is 4.39 Å². The summed E-state index contributed by atoms with van der Waals surface area (Å²) >= 11 is 1.23. The number of aromatic nitrogens is 1. The number of carbonyl (C=O) groups is 1. The molecule has 1 amide bonds. The Kier molecular flexibility index (Phi) is 4.68. The third-order valence-electron chi connectivity index (χ3n) is 3.11. The Morgan fingerprint density at radius 3 is 2.43 bits per heavy atom. The largest absolute Gasteiger partial charge is 0.322 e. The van der Waals surface area contributed by atoms with E-state index in [0.717, 1.165) is 4.90 Å². The molecule has 0 fully saturated rings. The Hall–Kier alpha value is -2.66. The van der Waals surface area contributed by atoms with Gasteiger partial charge < -0.3 is 5.32 Å². The van der Waals surface area contributed by atoms with Crippen LogP contribution in [0, 0.1) is 5.82 Å². The van der Waals surface area contributed by atoms with Crippen molar-refractivity contribution in [2.45, 2.75) is 9.79 Å². The molecule has 2 aromatic carbocycles. The monoisotopic (exact) mass is 324 g/mol. The Bertz CT molecular complexity index is 810. The fraction of sp³-hybridized carbons (Fsp3) is 0. The molecule has 0 unspecified atom stereocenters. The van der Waals surface area contributed by atoms with Crippen molar-refractivity contribution in [2.24, 2.45) is 0 Å². The van der Waals surface area contributed by atoms with E-state index in [2.05, 4.69) is 10.3 Å². The number of benzene rings is 2. The number of carbonyl (C=O) groups excluding carboxylic acids is 1. The van der Waals surface area contributed by atoms with Gasteiger partial charge in [0.1, 0.15) is 5.82 Å². The summed E-state index contributed by atoms with van der Waals surface area (Å²) in [4.78, 5) is 17.5. The van der Waals surface area contributed by atoms with E-state index >= 15 is 0 Å². The number of nitrogens with one attached hydrogen (secondary N) is 1. The highest BCUT2D eigenvalue weighted by Crippen LogP contribution is 2.32. The number of hydrogen-bond acceptors (Lipinski definition) is 3. The van der Waals surface area contributed by atoms with Crippen LogP contribution in [0.5, 0.6) is 0 Å². The lowest BCUT2D eigenvalue weighted by molar-refractivity contribution is 0.102. The van der Waals surface area contributed by atoms with E-state index in [1.807, 2.05) is 30.3 Å². The van der Waals surface area contributed by atoms with Crippen LogP contribution in [0.4, 0.5) is 10.1 Å². The molecule has 0 bridgehead atoms. The maximum absolute atomic E-state index is 14.2. The first-order valence-electron chi connectivity index (χ1n) is 6.97. The highest BCUT2D eigenvalue weighted by atomic mass is 32.2. The molecule has 0 aliphatic rings. The summed E-state index contributed by atoms with van der Waals surface area (Å²) in [7, 11) is 0. The van der Waals surface area contributed by atoms with Crippen LogP contribution in [0.3, 0.4) is 0 Å². The van der Waals surface area contributed by atoms with Crippen LogP contribution in [0.2, 0.25) is 0 Å². The third kappa shape index (κ3) is 3.76. The van der Waals surface area contributed by atoms with Crippen molar-refractivity contribution < 1.29 is 9.18 Å². The molecule has 0 radical (unpaired) electrons. The number of rotatable bonds is 4. The van der Waals surface area contributed by atoms with Crippen LogP contribution in [0.15, 0.2) is 82.8 Å². The number of halogens is 1. The molecular formula is C18H13FN2OS. The molecule has 5 heteroatoms. The number of anilines is 1. The highest BCUT2D eigenvalue weighted by Gasteiger charge is 2.16. The number of pyridine rings is 1. The van der Waals surface area contributed by atoms with E-state index in [-0.39, 0.29) is 5.91 Å². The first kappa shape index (κ1) is 15.2. The first-order chi connectivity index (χ1) is 11.2. The van der Waals surface area contributed by atoms with Gasteiger partial charge in [0.25, 0.3) is 5.91 Å². The van der Waals surface area contributed by atoms with Crippen LogP contribution in [-0.2, 0) is 0 Å². The highest BCUT2D eigenvalue weighted by molar-refractivity contribution is 7.99.